The van der Waals surface area contributed by atoms with Gasteiger partial charge in [0.05, 0.1) is 18.7 Å². The van der Waals surface area contributed by atoms with Crippen LogP contribution in [-0.2, 0) is 11.3 Å². The zero-order chi connectivity index (χ0) is 15.1. The number of carbonyl (C=O) groups is 1. The van der Waals surface area contributed by atoms with Gasteiger partial charge in [-0.2, -0.15) is 5.26 Å². The SMILES string of the molecule is COC(=O)Nc1cccc(NCc2cccc(C#N)c2)c1. The van der Waals surface area contributed by atoms with Gasteiger partial charge < -0.3 is 10.1 Å². The van der Waals surface area contributed by atoms with Crippen LogP contribution < -0.4 is 10.6 Å². The number of rotatable bonds is 4. The molecule has 21 heavy (non-hydrogen) atoms. The molecule has 0 radical (unpaired) electrons. The molecule has 0 aromatic heterocycles. The number of hydrogen-bond donors (Lipinski definition) is 2. The van der Waals surface area contributed by atoms with Gasteiger partial charge in [0.15, 0.2) is 0 Å². The third kappa shape index (κ3) is 4.25. The van der Waals surface area contributed by atoms with Crippen molar-refractivity contribution in [2.24, 2.45) is 0 Å². The summed E-state index contributed by atoms with van der Waals surface area (Å²) in [4.78, 5) is 11.2. The first-order valence-corrected chi connectivity index (χ1v) is 6.39. The van der Waals surface area contributed by atoms with Crippen LogP contribution in [0.3, 0.4) is 0 Å². The highest BCUT2D eigenvalue weighted by Crippen LogP contribution is 2.16. The van der Waals surface area contributed by atoms with Gasteiger partial charge in [-0.1, -0.05) is 18.2 Å². The highest BCUT2D eigenvalue weighted by Gasteiger charge is 2.01. The zero-order valence-electron chi connectivity index (χ0n) is 11.6. The fraction of sp³-hybridized carbons (Fsp3) is 0.125. The van der Waals surface area contributed by atoms with E-state index in [1.165, 1.54) is 7.11 Å². The van der Waals surface area contributed by atoms with Crippen LogP contribution >= 0.6 is 0 Å². The average molecular weight is 281 g/mol. The molecule has 0 bridgehead atoms. The Balaban J connectivity index is 2.01. The minimum absolute atomic E-state index is 0.506. The summed E-state index contributed by atoms with van der Waals surface area (Å²) in [6, 6.07) is 16.8. The van der Waals surface area contributed by atoms with Gasteiger partial charge in [0.2, 0.25) is 0 Å². The third-order valence-corrected chi connectivity index (χ3v) is 2.85. The average Bonchev–Trinajstić information content (AvgIpc) is 2.53. The number of nitriles is 1. The van der Waals surface area contributed by atoms with Crippen molar-refractivity contribution < 1.29 is 9.53 Å². The van der Waals surface area contributed by atoms with Gasteiger partial charge >= 0.3 is 6.09 Å². The number of nitrogens with one attached hydrogen (secondary N) is 2. The molecule has 0 heterocycles. The first-order chi connectivity index (χ1) is 10.2. The van der Waals surface area contributed by atoms with E-state index in [9.17, 15) is 4.79 Å². The van der Waals surface area contributed by atoms with E-state index in [-0.39, 0.29) is 0 Å². The van der Waals surface area contributed by atoms with Crippen LogP contribution in [0.25, 0.3) is 0 Å². The number of hydrogen-bond acceptors (Lipinski definition) is 4. The van der Waals surface area contributed by atoms with Crippen LogP contribution in [0, 0.1) is 11.3 Å². The summed E-state index contributed by atoms with van der Waals surface area (Å²) in [5.41, 5.74) is 3.17. The summed E-state index contributed by atoms with van der Waals surface area (Å²) in [7, 11) is 1.32. The second kappa shape index (κ2) is 6.96. The van der Waals surface area contributed by atoms with E-state index in [0.717, 1.165) is 11.3 Å². The Labute approximate surface area is 123 Å². The fourth-order valence-electron chi connectivity index (χ4n) is 1.83. The van der Waals surface area contributed by atoms with Crippen molar-refractivity contribution in [3.8, 4) is 6.07 Å². The molecule has 0 unspecified atom stereocenters. The Bertz CT molecular complexity index is 677. The Hall–Kier alpha value is -3.00. The van der Waals surface area contributed by atoms with Crippen molar-refractivity contribution in [1.29, 1.82) is 5.26 Å². The van der Waals surface area contributed by atoms with E-state index in [0.29, 0.717) is 17.8 Å². The van der Waals surface area contributed by atoms with Crippen molar-refractivity contribution in [2.45, 2.75) is 6.54 Å². The quantitative estimate of drug-likeness (QED) is 0.901. The van der Waals surface area contributed by atoms with Gasteiger partial charge in [-0.15, -0.1) is 0 Å². The normalized spacial score (nSPS) is 9.52. The number of methoxy groups -OCH3 is 1. The third-order valence-electron chi connectivity index (χ3n) is 2.85. The lowest BCUT2D eigenvalue weighted by atomic mass is 10.1. The van der Waals surface area contributed by atoms with Gasteiger partial charge in [0, 0.05) is 17.9 Å². The van der Waals surface area contributed by atoms with E-state index in [2.05, 4.69) is 21.4 Å². The number of nitrogens with zero attached hydrogens (tertiary/aromatic N) is 1. The van der Waals surface area contributed by atoms with Crippen LogP contribution in [0.15, 0.2) is 48.5 Å². The van der Waals surface area contributed by atoms with Crippen molar-refractivity contribution in [1.82, 2.24) is 0 Å². The monoisotopic (exact) mass is 281 g/mol. The molecule has 2 rings (SSSR count). The van der Waals surface area contributed by atoms with Gasteiger partial charge in [0.25, 0.3) is 0 Å². The lowest BCUT2D eigenvalue weighted by Crippen LogP contribution is -2.11. The van der Waals surface area contributed by atoms with Gasteiger partial charge in [-0.3, -0.25) is 5.32 Å². The maximum atomic E-state index is 11.2. The molecule has 5 nitrogen and oxygen atoms in total. The van der Waals surface area contributed by atoms with Crippen LogP contribution in [0.5, 0.6) is 0 Å². The molecule has 0 spiro atoms. The van der Waals surface area contributed by atoms with E-state index in [1.54, 1.807) is 12.1 Å². The van der Waals surface area contributed by atoms with Crippen LogP contribution in [-0.4, -0.2) is 13.2 Å². The summed E-state index contributed by atoms with van der Waals surface area (Å²) in [6.07, 6.45) is -0.506. The Morgan fingerprint density at radius 1 is 1.19 bits per heavy atom. The minimum Gasteiger partial charge on any atom is -0.453 e. The molecule has 0 saturated heterocycles. The van der Waals surface area contributed by atoms with E-state index in [4.69, 9.17) is 5.26 Å². The molecule has 0 fully saturated rings. The molecule has 0 aliphatic carbocycles. The van der Waals surface area contributed by atoms with Crippen LogP contribution in [0.1, 0.15) is 11.1 Å². The molecular formula is C16H15N3O2. The lowest BCUT2D eigenvalue weighted by Gasteiger charge is -2.09. The number of anilines is 2. The number of ether oxygens (including phenoxy) is 1. The minimum atomic E-state index is -0.506. The van der Waals surface area contributed by atoms with E-state index in [1.807, 2.05) is 36.4 Å². The molecule has 106 valence electrons. The second-order valence-electron chi connectivity index (χ2n) is 4.36. The molecule has 2 N–H and O–H groups in total. The predicted octanol–water partition coefficient (Wildman–Crippen LogP) is 3.35. The Morgan fingerprint density at radius 2 is 1.95 bits per heavy atom. The summed E-state index contributed by atoms with van der Waals surface area (Å²) < 4.78 is 4.55. The maximum absolute atomic E-state index is 11.2. The molecule has 0 atom stereocenters. The number of amides is 1. The molecule has 0 aliphatic heterocycles. The van der Waals surface area contributed by atoms with E-state index < -0.39 is 6.09 Å². The molecule has 0 aliphatic rings. The highest BCUT2D eigenvalue weighted by atomic mass is 16.5. The molecule has 5 heteroatoms. The van der Waals surface area contributed by atoms with Crippen molar-refractivity contribution in [3.05, 3.63) is 59.7 Å². The predicted molar refractivity (Wildman–Crippen MR) is 81.0 cm³/mol. The molecule has 2 aromatic carbocycles. The van der Waals surface area contributed by atoms with Crippen LogP contribution in [0.4, 0.5) is 16.2 Å². The van der Waals surface area contributed by atoms with Crippen molar-refractivity contribution in [3.63, 3.8) is 0 Å². The topological polar surface area (TPSA) is 74.2 Å². The standard InChI is InChI=1S/C16H15N3O2/c1-21-16(20)19-15-7-3-6-14(9-15)18-11-13-5-2-4-12(8-13)10-17/h2-9,18H,11H2,1H3,(H,19,20). The summed E-state index contributed by atoms with van der Waals surface area (Å²) in [5.74, 6) is 0. The molecule has 2 aromatic rings. The number of benzene rings is 2. The van der Waals surface area contributed by atoms with Gasteiger partial charge in [-0.05, 0) is 35.9 Å². The summed E-state index contributed by atoms with van der Waals surface area (Å²) >= 11 is 0. The smallest absolute Gasteiger partial charge is 0.411 e. The van der Waals surface area contributed by atoms with Crippen molar-refractivity contribution >= 4 is 17.5 Å². The maximum Gasteiger partial charge on any atom is 0.411 e. The van der Waals surface area contributed by atoms with Crippen molar-refractivity contribution in [2.75, 3.05) is 17.7 Å². The van der Waals surface area contributed by atoms with Gasteiger partial charge in [-0.25, -0.2) is 4.79 Å². The molecule has 0 saturated carbocycles. The summed E-state index contributed by atoms with van der Waals surface area (Å²) in [6.45, 7) is 0.594. The number of carbonyl (C=O) groups excluding carboxylic acids is 1. The lowest BCUT2D eigenvalue weighted by molar-refractivity contribution is 0.187. The zero-order valence-corrected chi connectivity index (χ0v) is 11.6. The second-order valence-corrected chi connectivity index (χ2v) is 4.36. The Morgan fingerprint density at radius 3 is 2.71 bits per heavy atom. The highest BCUT2D eigenvalue weighted by molar-refractivity contribution is 5.85. The molecular weight excluding hydrogens is 266 g/mol. The van der Waals surface area contributed by atoms with Crippen LogP contribution in [0.2, 0.25) is 0 Å². The fourth-order valence-corrected chi connectivity index (χ4v) is 1.83. The first kappa shape index (κ1) is 14.4. The Kier molecular flexibility index (Phi) is 4.78. The molecule has 1 amide bonds. The first-order valence-electron chi connectivity index (χ1n) is 6.39. The summed E-state index contributed by atoms with van der Waals surface area (Å²) in [5, 5.41) is 14.7. The van der Waals surface area contributed by atoms with Gasteiger partial charge in [0.1, 0.15) is 0 Å². The largest absolute Gasteiger partial charge is 0.453 e. The van der Waals surface area contributed by atoms with E-state index >= 15 is 0 Å².